The van der Waals surface area contributed by atoms with Gasteiger partial charge in [0.2, 0.25) is 11.8 Å². The third-order valence-electron chi connectivity index (χ3n) is 7.14. The highest BCUT2D eigenvalue weighted by atomic mass is 16.5. The van der Waals surface area contributed by atoms with Crippen molar-refractivity contribution in [1.29, 1.82) is 0 Å². The van der Waals surface area contributed by atoms with Crippen LogP contribution >= 0.6 is 0 Å². The summed E-state index contributed by atoms with van der Waals surface area (Å²) in [7, 11) is 1.27. The van der Waals surface area contributed by atoms with Crippen molar-refractivity contribution in [2.45, 2.75) is 13.3 Å². The lowest BCUT2D eigenvalue weighted by Crippen LogP contribution is -2.33. The molecule has 2 aliphatic carbocycles. The minimum Gasteiger partial charge on any atom is -0.465 e. The summed E-state index contributed by atoms with van der Waals surface area (Å²) in [6, 6.07) is 12.2. The molecule has 2 bridgehead atoms. The Labute approximate surface area is 207 Å². The monoisotopic (exact) mass is 488 g/mol. The summed E-state index contributed by atoms with van der Waals surface area (Å²) in [4.78, 5) is 63.7. The van der Waals surface area contributed by atoms with Gasteiger partial charge in [0.15, 0.2) is 6.61 Å². The van der Waals surface area contributed by atoms with E-state index in [1.54, 1.807) is 12.1 Å². The summed E-state index contributed by atoms with van der Waals surface area (Å²) in [5.41, 5.74) is 2.36. The zero-order valence-corrected chi connectivity index (χ0v) is 19.7. The second-order valence-corrected chi connectivity index (χ2v) is 9.22. The molecule has 184 valence electrons. The van der Waals surface area contributed by atoms with Gasteiger partial charge < -0.3 is 14.8 Å². The summed E-state index contributed by atoms with van der Waals surface area (Å²) in [5.74, 6) is -2.78. The first-order valence-corrected chi connectivity index (χ1v) is 11.6. The number of methoxy groups -OCH3 is 1. The van der Waals surface area contributed by atoms with Gasteiger partial charge in [0, 0.05) is 5.69 Å². The van der Waals surface area contributed by atoms with Crippen molar-refractivity contribution in [2.24, 2.45) is 23.7 Å². The molecule has 0 unspecified atom stereocenters. The average molecular weight is 488 g/mol. The van der Waals surface area contributed by atoms with Crippen LogP contribution in [0, 0.1) is 23.7 Å². The van der Waals surface area contributed by atoms with Gasteiger partial charge in [-0.3, -0.25) is 14.4 Å². The first kappa shape index (κ1) is 23.5. The maximum Gasteiger partial charge on any atom is 0.338 e. The lowest BCUT2D eigenvalue weighted by molar-refractivity contribution is -0.123. The average Bonchev–Trinajstić information content (AvgIpc) is 3.52. The molecule has 1 saturated heterocycles. The summed E-state index contributed by atoms with van der Waals surface area (Å²) >= 11 is 0. The summed E-state index contributed by atoms with van der Waals surface area (Å²) in [6.45, 7) is 1.47. The molecule has 1 N–H and O–H groups in total. The van der Waals surface area contributed by atoms with Gasteiger partial charge in [-0.15, -0.1) is 0 Å². The van der Waals surface area contributed by atoms with Crippen molar-refractivity contribution >= 4 is 41.0 Å². The molecule has 5 rings (SSSR count). The third kappa shape index (κ3) is 3.96. The van der Waals surface area contributed by atoms with E-state index in [0.717, 1.165) is 6.42 Å². The van der Waals surface area contributed by atoms with Crippen molar-refractivity contribution in [3.63, 3.8) is 0 Å². The summed E-state index contributed by atoms with van der Waals surface area (Å²) < 4.78 is 9.75. The molecule has 3 amide bonds. The fourth-order valence-electron chi connectivity index (χ4n) is 5.52. The van der Waals surface area contributed by atoms with Gasteiger partial charge in [-0.2, -0.15) is 0 Å². The van der Waals surface area contributed by atoms with Gasteiger partial charge in [-0.05, 0) is 67.6 Å². The van der Waals surface area contributed by atoms with E-state index in [1.807, 2.05) is 6.92 Å². The number of carbonyl (C=O) groups is 5. The number of rotatable bonds is 6. The molecule has 1 aliphatic heterocycles. The third-order valence-corrected chi connectivity index (χ3v) is 7.14. The Balaban J connectivity index is 1.21. The number of anilines is 2. The molecule has 2 fully saturated rings. The Kier molecular flexibility index (Phi) is 5.91. The normalized spacial score (nSPS) is 23.8. The van der Waals surface area contributed by atoms with Gasteiger partial charge in [-0.1, -0.05) is 17.7 Å². The number of benzene rings is 2. The smallest absolute Gasteiger partial charge is 0.338 e. The van der Waals surface area contributed by atoms with Crippen molar-refractivity contribution in [3.05, 3.63) is 71.3 Å². The Morgan fingerprint density at radius 1 is 0.972 bits per heavy atom. The molecule has 36 heavy (non-hydrogen) atoms. The number of allylic oxidation sites excluding steroid dienone is 2. The number of imide groups is 1. The predicted molar refractivity (Wildman–Crippen MR) is 128 cm³/mol. The number of hydrogen-bond acceptors (Lipinski definition) is 7. The van der Waals surface area contributed by atoms with E-state index in [4.69, 9.17) is 4.74 Å². The fraction of sp³-hybridized carbons (Fsp3) is 0.296. The van der Waals surface area contributed by atoms with Crippen LogP contribution in [0.1, 0.15) is 34.1 Å². The molecule has 3 aliphatic rings. The lowest BCUT2D eigenvalue weighted by Gasteiger charge is -2.19. The number of hydrogen-bond donors (Lipinski definition) is 1. The Hall–Kier alpha value is -4.27. The van der Waals surface area contributed by atoms with E-state index in [9.17, 15) is 24.0 Å². The molecule has 1 heterocycles. The molecular weight excluding hydrogens is 464 g/mol. The maximum atomic E-state index is 13.2. The van der Waals surface area contributed by atoms with Gasteiger partial charge in [0.25, 0.3) is 5.91 Å². The molecule has 0 spiro atoms. The first-order valence-electron chi connectivity index (χ1n) is 11.6. The molecule has 2 aromatic rings. The van der Waals surface area contributed by atoms with Crippen LogP contribution in [-0.4, -0.2) is 43.4 Å². The number of nitrogens with one attached hydrogen (secondary N) is 1. The summed E-state index contributed by atoms with van der Waals surface area (Å²) in [5, 5.41) is 2.57. The Bertz CT molecular complexity index is 1310. The van der Waals surface area contributed by atoms with Gasteiger partial charge in [0.05, 0.1) is 35.8 Å². The summed E-state index contributed by atoms with van der Waals surface area (Å²) in [6.07, 6.45) is 2.95. The highest BCUT2D eigenvalue weighted by Gasteiger charge is 2.60. The number of nitrogens with zero attached hydrogens (tertiary/aromatic N) is 1. The van der Waals surface area contributed by atoms with Gasteiger partial charge >= 0.3 is 11.9 Å². The van der Waals surface area contributed by atoms with Crippen molar-refractivity contribution in [3.8, 4) is 0 Å². The van der Waals surface area contributed by atoms with Crippen LogP contribution in [-0.2, 0) is 23.9 Å². The van der Waals surface area contributed by atoms with Crippen LogP contribution in [0.3, 0.4) is 0 Å². The molecule has 4 atom stereocenters. The van der Waals surface area contributed by atoms with E-state index < -0.39 is 24.5 Å². The van der Waals surface area contributed by atoms with Crippen molar-refractivity contribution in [2.75, 3.05) is 23.9 Å². The topological polar surface area (TPSA) is 119 Å². The highest BCUT2D eigenvalue weighted by molar-refractivity contribution is 6.23. The molecule has 2 aromatic carbocycles. The molecule has 1 saturated carbocycles. The Morgan fingerprint density at radius 2 is 1.69 bits per heavy atom. The van der Waals surface area contributed by atoms with E-state index in [1.165, 1.54) is 54.0 Å². The van der Waals surface area contributed by atoms with Crippen LogP contribution in [0.25, 0.3) is 0 Å². The van der Waals surface area contributed by atoms with Gasteiger partial charge in [-0.25, -0.2) is 14.5 Å². The number of carbonyl (C=O) groups excluding carboxylic acids is 5. The molecular formula is C27H24N2O7. The first-order chi connectivity index (χ1) is 17.3. The van der Waals surface area contributed by atoms with Crippen LogP contribution in [0.2, 0.25) is 0 Å². The Morgan fingerprint density at radius 3 is 2.42 bits per heavy atom. The zero-order chi connectivity index (χ0) is 25.6. The molecule has 0 aromatic heterocycles. The van der Waals surface area contributed by atoms with Crippen LogP contribution in [0.15, 0.2) is 60.2 Å². The van der Waals surface area contributed by atoms with Crippen LogP contribution in [0.4, 0.5) is 11.4 Å². The largest absolute Gasteiger partial charge is 0.465 e. The second-order valence-electron chi connectivity index (χ2n) is 9.22. The van der Waals surface area contributed by atoms with E-state index >= 15 is 0 Å². The van der Waals surface area contributed by atoms with Crippen molar-refractivity contribution in [1.82, 2.24) is 0 Å². The molecule has 9 heteroatoms. The van der Waals surface area contributed by atoms with Gasteiger partial charge in [0.1, 0.15) is 0 Å². The fourth-order valence-corrected chi connectivity index (χ4v) is 5.52. The number of amides is 3. The zero-order valence-electron chi connectivity index (χ0n) is 19.7. The standard InChI is InChI=1S/C27H24N2O7/c1-14-10-17-12-20(14)23-22(17)24(31)29(25(23)32)19-5-3-4-16(11-19)27(34)36-13-21(30)28-18-8-6-15(7-9-18)26(33)35-2/h3-11,17,20,22-23H,12-13H2,1-2H3,(H,28,30)/t17-,20+,22-,23-/m0/s1. The van der Waals surface area contributed by atoms with Crippen LogP contribution in [0.5, 0.6) is 0 Å². The lowest BCUT2D eigenvalue weighted by atomic mass is 9.82. The quantitative estimate of drug-likeness (QED) is 0.377. The predicted octanol–water partition coefficient (Wildman–Crippen LogP) is 2.97. The second kappa shape index (κ2) is 9.07. The molecule has 9 nitrogen and oxygen atoms in total. The van der Waals surface area contributed by atoms with E-state index in [2.05, 4.69) is 16.1 Å². The number of esters is 2. The van der Waals surface area contributed by atoms with E-state index in [0.29, 0.717) is 16.9 Å². The maximum absolute atomic E-state index is 13.2. The number of fused-ring (bicyclic) bond motifs is 5. The minimum atomic E-state index is -0.759. The van der Waals surface area contributed by atoms with E-state index in [-0.39, 0.29) is 41.0 Å². The van der Waals surface area contributed by atoms with Crippen molar-refractivity contribution < 1.29 is 33.4 Å². The number of ether oxygens (including phenoxy) is 2. The SMILES string of the molecule is COC(=O)c1ccc(NC(=O)COC(=O)c2cccc(N3C(=O)[C@@H]4[C@@H](C3=O)[C@H]3C=C(C)[C@H]4C3)c2)cc1. The minimum absolute atomic E-state index is 0.0878. The van der Waals surface area contributed by atoms with Crippen LogP contribution < -0.4 is 10.2 Å². The highest BCUT2D eigenvalue weighted by Crippen LogP contribution is 2.55. The molecule has 0 radical (unpaired) electrons.